The number of allylic oxidation sites excluding steroid dienone is 2. The first-order valence-corrected chi connectivity index (χ1v) is 28.0. The van der Waals surface area contributed by atoms with Gasteiger partial charge < -0.3 is 48.7 Å². The molecule has 0 aliphatic carbocycles. The number of carbonyl (C=O) groups excluding carboxylic acids is 9. The first kappa shape index (κ1) is 65.4. The molecule has 3 aliphatic heterocycles. The molecular formula is C57H96N6O13. The maximum absolute atomic E-state index is 14.8. The van der Waals surface area contributed by atoms with E-state index in [-0.39, 0.29) is 30.9 Å². The number of fused-ring (bicyclic) bond motifs is 2. The fourth-order valence-corrected chi connectivity index (χ4v) is 10.8. The Morgan fingerprint density at radius 3 is 1.70 bits per heavy atom. The van der Waals surface area contributed by atoms with E-state index in [4.69, 9.17) is 14.2 Å². The van der Waals surface area contributed by atoms with Crippen LogP contribution in [-0.4, -0.2) is 197 Å². The first-order valence-electron chi connectivity index (χ1n) is 28.0. The lowest BCUT2D eigenvalue weighted by atomic mass is 9.93. The summed E-state index contributed by atoms with van der Waals surface area (Å²) >= 11 is 0. The predicted octanol–water partition coefficient (Wildman–Crippen LogP) is 5.28. The molecule has 432 valence electrons. The molecule has 3 aliphatic rings. The van der Waals surface area contributed by atoms with Crippen LogP contribution in [0.2, 0.25) is 0 Å². The molecule has 0 aromatic heterocycles. The molecule has 2 saturated heterocycles. The average Bonchev–Trinajstić information content (AvgIpc) is 4.08. The molecule has 6 amide bonds. The molecule has 3 heterocycles. The molecule has 0 aromatic carbocycles. The maximum Gasteiger partial charge on any atom is 0.329 e. The molecule has 3 rings (SSSR count). The van der Waals surface area contributed by atoms with Crippen molar-refractivity contribution in [3.8, 4) is 0 Å². The van der Waals surface area contributed by atoms with Crippen molar-refractivity contribution in [2.75, 3.05) is 55.0 Å². The Hall–Kier alpha value is -4.91. The summed E-state index contributed by atoms with van der Waals surface area (Å²) in [7, 11) is 7.37. The van der Waals surface area contributed by atoms with E-state index in [0.29, 0.717) is 76.3 Å². The third kappa shape index (κ3) is 16.3. The molecule has 19 heteroatoms. The second kappa shape index (κ2) is 29.7. The number of hydrogen-bond acceptors (Lipinski definition) is 13. The van der Waals surface area contributed by atoms with Crippen molar-refractivity contribution in [2.45, 2.75) is 208 Å². The van der Waals surface area contributed by atoms with E-state index in [1.54, 1.807) is 47.7 Å². The smallest absolute Gasteiger partial charge is 0.329 e. The highest BCUT2D eigenvalue weighted by atomic mass is 16.6. The van der Waals surface area contributed by atoms with Crippen LogP contribution >= 0.6 is 0 Å². The number of aliphatic hydroxyl groups is 1. The highest BCUT2D eigenvalue weighted by Crippen LogP contribution is 2.30. The Morgan fingerprint density at radius 1 is 0.618 bits per heavy atom. The van der Waals surface area contributed by atoms with Crippen molar-refractivity contribution in [3.05, 3.63) is 11.6 Å². The molecule has 76 heavy (non-hydrogen) atoms. The van der Waals surface area contributed by atoms with Crippen LogP contribution in [0.5, 0.6) is 0 Å². The van der Waals surface area contributed by atoms with Gasteiger partial charge >= 0.3 is 11.9 Å². The van der Waals surface area contributed by atoms with Gasteiger partial charge in [-0.3, -0.25) is 38.4 Å². The highest BCUT2D eigenvalue weighted by molar-refractivity contribution is 6.07. The number of ketones is 1. The van der Waals surface area contributed by atoms with Gasteiger partial charge in [0.15, 0.2) is 5.78 Å². The van der Waals surface area contributed by atoms with Gasteiger partial charge in [0.2, 0.25) is 35.4 Å². The molecule has 0 radical (unpaired) electrons. The fourth-order valence-electron chi connectivity index (χ4n) is 10.8. The Bertz CT molecular complexity index is 2060. The molecule has 0 saturated carbocycles. The number of hydrogen-bond donors (Lipinski definition) is 1. The first-order chi connectivity index (χ1) is 35.5. The van der Waals surface area contributed by atoms with Gasteiger partial charge in [0, 0.05) is 48.4 Å². The average molecular weight is 1070 g/mol. The van der Waals surface area contributed by atoms with Crippen LogP contribution in [0.15, 0.2) is 11.6 Å². The number of likely N-dealkylation sites (N-methyl/N-ethyl adjacent to an activating group) is 4. The van der Waals surface area contributed by atoms with E-state index >= 15 is 0 Å². The van der Waals surface area contributed by atoms with Crippen molar-refractivity contribution in [1.82, 2.24) is 29.4 Å². The quantitative estimate of drug-likeness (QED) is 0.254. The van der Waals surface area contributed by atoms with E-state index in [9.17, 15) is 48.3 Å². The summed E-state index contributed by atoms with van der Waals surface area (Å²) in [6.07, 6.45) is 3.67. The summed E-state index contributed by atoms with van der Waals surface area (Å²) in [4.78, 5) is 137. The SMILES string of the molecule is CCC(C)C1C(=O)N(C)C(C(C)C)C(=O)N(C)C(COC)C(=O)N2CCCC2C(=O)N(C)C(C(C)C)C(=O)N2CCCC2C(=O)OC(C(C)C)CCCCC(O)C(C)C(=O)OC(C)C(C)CC=C(C)C(=O)CC(=O)N1C. The summed E-state index contributed by atoms with van der Waals surface area (Å²) in [5, 5.41) is 11.1. The van der Waals surface area contributed by atoms with Crippen molar-refractivity contribution >= 4 is 53.2 Å². The lowest BCUT2D eigenvalue weighted by Gasteiger charge is -2.41. The number of cyclic esters (lactones) is 2. The van der Waals surface area contributed by atoms with Crippen molar-refractivity contribution in [2.24, 2.45) is 35.5 Å². The Balaban J connectivity index is 2.06. The van der Waals surface area contributed by atoms with Gasteiger partial charge in [0.1, 0.15) is 48.5 Å². The van der Waals surface area contributed by atoms with Crippen LogP contribution in [0.4, 0.5) is 0 Å². The van der Waals surface area contributed by atoms with Crippen LogP contribution < -0.4 is 0 Å². The van der Waals surface area contributed by atoms with Crippen LogP contribution in [0.3, 0.4) is 0 Å². The van der Waals surface area contributed by atoms with Gasteiger partial charge in [-0.25, -0.2) is 4.79 Å². The maximum atomic E-state index is 14.8. The van der Waals surface area contributed by atoms with E-state index in [0.717, 1.165) is 0 Å². The molecule has 19 nitrogen and oxygen atoms in total. The monoisotopic (exact) mass is 1070 g/mol. The predicted molar refractivity (Wildman–Crippen MR) is 288 cm³/mol. The molecule has 0 bridgehead atoms. The van der Waals surface area contributed by atoms with E-state index < -0.39 is 132 Å². The van der Waals surface area contributed by atoms with Gasteiger partial charge in [0.05, 0.1) is 25.0 Å². The zero-order chi connectivity index (χ0) is 57.6. The third-order valence-electron chi connectivity index (χ3n) is 16.4. The number of amides is 6. The largest absolute Gasteiger partial charge is 0.462 e. The zero-order valence-electron chi connectivity index (χ0n) is 49.2. The number of esters is 2. The molecule has 0 spiro atoms. The van der Waals surface area contributed by atoms with Gasteiger partial charge in [0.25, 0.3) is 0 Å². The minimum absolute atomic E-state index is 0.0568. The normalized spacial score (nSPS) is 30.8. The molecule has 0 aromatic rings. The van der Waals surface area contributed by atoms with Crippen molar-refractivity contribution < 1.29 is 62.5 Å². The Morgan fingerprint density at radius 2 is 1.14 bits per heavy atom. The van der Waals surface area contributed by atoms with Crippen LogP contribution in [0, 0.1) is 35.5 Å². The minimum atomic E-state index is -1.21. The van der Waals surface area contributed by atoms with E-state index in [1.807, 2.05) is 48.5 Å². The molecular weight excluding hydrogens is 977 g/mol. The summed E-state index contributed by atoms with van der Waals surface area (Å²) < 4.78 is 17.5. The Kier molecular flexibility index (Phi) is 25.6. The number of nitrogens with zero attached hydrogens (tertiary/aromatic N) is 6. The van der Waals surface area contributed by atoms with Crippen molar-refractivity contribution in [1.29, 1.82) is 0 Å². The molecule has 12 unspecified atom stereocenters. The lowest BCUT2D eigenvalue weighted by Crippen LogP contribution is -2.62. The van der Waals surface area contributed by atoms with Crippen LogP contribution in [0.25, 0.3) is 0 Å². The summed E-state index contributed by atoms with van der Waals surface area (Å²) in [6, 6.07) is -6.19. The Labute approximate surface area is 454 Å². The number of ether oxygens (including phenoxy) is 3. The topological polar surface area (TPSA) is 221 Å². The van der Waals surface area contributed by atoms with Gasteiger partial charge in [-0.15, -0.1) is 0 Å². The second-order valence-electron chi connectivity index (χ2n) is 23.1. The van der Waals surface area contributed by atoms with Gasteiger partial charge in [-0.1, -0.05) is 81.2 Å². The zero-order valence-corrected chi connectivity index (χ0v) is 49.2. The number of aliphatic hydroxyl groups excluding tert-OH is 1. The van der Waals surface area contributed by atoms with Gasteiger partial charge in [-0.05, 0) is 107 Å². The molecule has 2 fully saturated rings. The number of Topliss-reactive ketones (excluding diaryl/α,β-unsaturated/α-hetero) is 1. The molecule has 1 N–H and O–H groups in total. The van der Waals surface area contributed by atoms with E-state index in [1.165, 1.54) is 57.7 Å². The standard InChI is InChI=1S/C57H96N6O13/c1-18-36(8)50-54(70)61(16)48(34(4)5)53(69)58(13)43(32-74-17)52(68)62-29-21-23-41(62)51(67)60(15)49(35(6)7)55(71)63-30-22-24-42(63)57(73)76-46(33(2)3)26-20-19-25-44(64)39(11)56(72)75-40(12)37(9)27-28-38(10)45(65)31-47(66)59(50)14/h28,33-37,39-44,46,48-50,64H,18-27,29-32H2,1-17H3. The lowest BCUT2D eigenvalue weighted by molar-refractivity contribution is -0.163. The van der Waals surface area contributed by atoms with E-state index in [2.05, 4.69) is 0 Å². The fraction of sp³-hybridized carbons (Fsp3) is 0.807. The molecule has 12 atom stereocenters. The number of rotatable bonds is 7. The van der Waals surface area contributed by atoms with Crippen LogP contribution in [0.1, 0.15) is 154 Å². The second-order valence-corrected chi connectivity index (χ2v) is 23.1. The number of carbonyl (C=O) groups is 9. The third-order valence-corrected chi connectivity index (χ3v) is 16.4. The highest BCUT2D eigenvalue weighted by Gasteiger charge is 2.47. The van der Waals surface area contributed by atoms with Crippen LogP contribution in [-0.2, 0) is 57.4 Å². The summed E-state index contributed by atoms with van der Waals surface area (Å²) in [6.45, 7) is 21.9. The van der Waals surface area contributed by atoms with Gasteiger partial charge in [-0.2, -0.15) is 0 Å². The number of methoxy groups -OCH3 is 1. The minimum Gasteiger partial charge on any atom is -0.462 e. The van der Waals surface area contributed by atoms with Crippen molar-refractivity contribution in [3.63, 3.8) is 0 Å². The summed E-state index contributed by atoms with van der Waals surface area (Å²) in [5.74, 6) is -6.94. The summed E-state index contributed by atoms with van der Waals surface area (Å²) in [5.41, 5.74) is 0.331.